The van der Waals surface area contributed by atoms with Crippen molar-refractivity contribution in [1.82, 2.24) is 15.3 Å². The lowest BCUT2D eigenvalue weighted by atomic mass is 9.77. The van der Waals surface area contributed by atoms with Gasteiger partial charge in [0.2, 0.25) is 17.6 Å². The molecular weight excluding hydrogens is 699 g/mol. The Labute approximate surface area is 305 Å². The van der Waals surface area contributed by atoms with E-state index in [2.05, 4.69) is 10.3 Å². The first-order chi connectivity index (χ1) is 24.8. The molecular formula is C39H41ClF3N3O6. The fraction of sp³-hybridized carbons (Fsp3) is 0.410. The van der Waals surface area contributed by atoms with Crippen LogP contribution in [-0.4, -0.2) is 52.0 Å². The number of benzene rings is 2. The van der Waals surface area contributed by atoms with Gasteiger partial charge in [-0.1, -0.05) is 54.1 Å². The maximum Gasteiger partial charge on any atom is 0.421 e. The van der Waals surface area contributed by atoms with Crippen LogP contribution < -0.4 is 19.5 Å². The summed E-state index contributed by atoms with van der Waals surface area (Å²) in [5, 5.41) is 22.9. The number of rotatable bonds is 14. The largest absolute Gasteiger partial charge is 0.481 e. The zero-order chi connectivity index (χ0) is 37.2. The lowest BCUT2D eigenvalue weighted by Crippen LogP contribution is -2.51. The molecule has 0 radical (unpaired) electrons. The third-order valence-electron chi connectivity index (χ3n) is 9.73. The van der Waals surface area contributed by atoms with Crippen molar-refractivity contribution in [2.24, 2.45) is 0 Å². The van der Waals surface area contributed by atoms with Crippen molar-refractivity contribution >= 4 is 17.6 Å². The van der Waals surface area contributed by atoms with Crippen LogP contribution in [-0.2, 0) is 30.4 Å². The SMILES string of the molecule is COc1nc(-c2cccc(-c3cccc4c3CC[C@@H]4Oc3nc(OC)c(CCCCC(=O)O)cc3C(F)(F)F)c2Cl)ccc1CNC1CC(C)(O)C1. The third kappa shape index (κ3) is 8.14. The Kier molecular flexibility index (Phi) is 11.0. The number of carboxylic acid groups (broad SMARTS) is 1. The number of alkyl halides is 3. The van der Waals surface area contributed by atoms with E-state index in [1.807, 2.05) is 55.5 Å². The van der Waals surface area contributed by atoms with Crippen LogP contribution in [0.1, 0.15) is 79.4 Å². The van der Waals surface area contributed by atoms with E-state index in [-0.39, 0.29) is 30.3 Å². The Morgan fingerprint density at radius 2 is 1.65 bits per heavy atom. The third-order valence-corrected chi connectivity index (χ3v) is 10.1. The number of pyridine rings is 2. The minimum Gasteiger partial charge on any atom is -0.481 e. The zero-order valence-corrected chi connectivity index (χ0v) is 29.9. The molecule has 4 aromatic rings. The molecule has 0 saturated heterocycles. The van der Waals surface area contributed by atoms with Crippen LogP contribution in [0.4, 0.5) is 13.2 Å². The molecule has 13 heteroatoms. The molecule has 276 valence electrons. The number of aryl methyl sites for hydroxylation is 1. The van der Waals surface area contributed by atoms with Crippen molar-refractivity contribution in [3.8, 4) is 40.0 Å². The summed E-state index contributed by atoms with van der Waals surface area (Å²) in [7, 11) is 2.89. The number of carbonyl (C=O) groups is 1. The minimum absolute atomic E-state index is 0.0102. The quantitative estimate of drug-likeness (QED) is 0.110. The number of halogens is 4. The summed E-state index contributed by atoms with van der Waals surface area (Å²) < 4.78 is 60.1. The molecule has 2 aromatic heterocycles. The van der Waals surface area contributed by atoms with Gasteiger partial charge in [-0.15, -0.1) is 0 Å². The normalized spacial score (nSPS) is 19.5. The highest BCUT2D eigenvalue weighted by Gasteiger charge is 2.39. The Morgan fingerprint density at radius 3 is 2.35 bits per heavy atom. The van der Waals surface area contributed by atoms with Crippen LogP contribution in [0, 0.1) is 0 Å². The molecule has 2 aliphatic rings. The molecule has 0 bridgehead atoms. The second kappa shape index (κ2) is 15.3. The van der Waals surface area contributed by atoms with Gasteiger partial charge in [0, 0.05) is 41.3 Å². The Balaban J connectivity index is 1.25. The number of nitrogens with zero attached hydrogens (tertiary/aromatic N) is 2. The zero-order valence-electron chi connectivity index (χ0n) is 29.1. The summed E-state index contributed by atoms with van der Waals surface area (Å²) in [6.45, 7) is 2.37. The first-order valence-electron chi connectivity index (χ1n) is 17.2. The topological polar surface area (TPSA) is 123 Å². The van der Waals surface area contributed by atoms with E-state index < -0.39 is 35.3 Å². The van der Waals surface area contributed by atoms with Gasteiger partial charge in [0.1, 0.15) is 11.7 Å². The van der Waals surface area contributed by atoms with Crippen molar-refractivity contribution < 1.29 is 42.4 Å². The molecule has 6 rings (SSSR count). The van der Waals surface area contributed by atoms with Gasteiger partial charge in [-0.2, -0.15) is 18.2 Å². The smallest absolute Gasteiger partial charge is 0.421 e. The maximum atomic E-state index is 14.3. The van der Waals surface area contributed by atoms with Crippen LogP contribution in [0.25, 0.3) is 22.4 Å². The summed E-state index contributed by atoms with van der Waals surface area (Å²) in [6, 6.07) is 16.3. The highest BCUT2D eigenvalue weighted by Crippen LogP contribution is 2.46. The number of hydrogen-bond donors (Lipinski definition) is 3. The van der Waals surface area contributed by atoms with E-state index in [0.717, 1.165) is 33.9 Å². The predicted molar refractivity (Wildman–Crippen MR) is 190 cm³/mol. The lowest BCUT2D eigenvalue weighted by Gasteiger charge is -2.41. The number of aliphatic hydroxyl groups is 1. The average molecular weight is 740 g/mol. The number of aromatic nitrogens is 2. The highest BCUT2D eigenvalue weighted by atomic mass is 35.5. The fourth-order valence-electron chi connectivity index (χ4n) is 7.16. The Bertz CT molecular complexity index is 1950. The number of methoxy groups -OCH3 is 2. The number of hydrogen-bond acceptors (Lipinski definition) is 8. The van der Waals surface area contributed by atoms with E-state index in [9.17, 15) is 23.1 Å². The molecule has 9 nitrogen and oxygen atoms in total. The van der Waals surface area contributed by atoms with Crippen molar-refractivity contribution in [1.29, 1.82) is 0 Å². The van der Waals surface area contributed by atoms with Gasteiger partial charge in [0.05, 0.1) is 30.5 Å². The maximum absolute atomic E-state index is 14.3. The molecule has 2 heterocycles. The molecule has 2 aromatic carbocycles. The van der Waals surface area contributed by atoms with Crippen molar-refractivity contribution in [2.45, 2.75) is 88.8 Å². The average Bonchev–Trinajstić information content (AvgIpc) is 3.50. The van der Waals surface area contributed by atoms with Crippen molar-refractivity contribution in [3.05, 3.63) is 87.4 Å². The Hall–Kier alpha value is -4.39. The van der Waals surface area contributed by atoms with Gasteiger partial charge in [0.25, 0.3) is 0 Å². The summed E-state index contributed by atoms with van der Waals surface area (Å²) in [6.07, 6.45) is -2.33. The molecule has 52 heavy (non-hydrogen) atoms. The number of carboxylic acids is 1. The minimum atomic E-state index is -4.74. The van der Waals surface area contributed by atoms with Gasteiger partial charge in [-0.3, -0.25) is 4.79 Å². The standard InChI is InChI=1S/C39H41ClF3N3O6/c1-38(49)19-24(20-38)44-21-23-14-16-31(45-36(23)51-3)29-12-7-11-28(34(29)40)25-9-6-10-27-26(25)15-17-32(27)52-37-30(39(41,42)43)18-22(35(46-37)50-2)8-4-5-13-33(47)48/h6-7,9-12,14,16,18,24,32,44,49H,4-5,8,13,15,17,19-21H2,1-3H3,(H,47,48)/t24?,32-,38?/m0/s1. The monoisotopic (exact) mass is 739 g/mol. The summed E-state index contributed by atoms with van der Waals surface area (Å²) in [5.74, 6) is -1.06. The molecule has 1 saturated carbocycles. The van der Waals surface area contributed by atoms with Crippen LogP contribution in [0.5, 0.6) is 17.6 Å². The first-order valence-corrected chi connectivity index (χ1v) is 17.6. The molecule has 1 fully saturated rings. The molecule has 1 atom stereocenters. The van der Waals surface area contributed by atoms with Gasteiger partial charge < -0.3 is 29.7 Å². The van der Waals surface area contributed by atoms with E-state index >= 15 is 0 Å². The molecule has 2 aliphatic carbocycles. The molecule has 0 amide bonds. The summed E-state index contributed by atoms with van der Waals surface area (Å²) >= 11 is 7.09. The van der Waals surface area contributed by atoms with Crippen LogP contribution >= 0.6 is 11.6 Å². The highest BCUT2D eigenvalue weighted by molar-refractivity contribution is 6.36. The van der Waals surface area contributed by atoms with Crippen LogP contribution in [0.15, 0.2) is 54.6 Å². The van der Waals surface area contributed by atoms with Gasteiger partial charge in [-0.25, -0.2) is 4.98 Å². The Morgan fingerprint density at radius 1 is 0.962 bits per heavy atom. The van der Waals surface area contributed by atoms with Gasteiger partial charge in [0.15, 0.2) is 0 Å². The van der Waals surface area contributed by atoms with Crippen molar-refractivity contribution in [2.75, 3.05) is 14.2 Å². The molecule has 0 spiro atoms. The van der Waals surface area contributed by atoms with Gasteiger partial charge >= 0.3 is 12.1 Å². The second-order valence-electron chi connectivity index (χ2n) is 13.6. The number of unbranched alkanes of at least 4 members (excludes halogenated alkanes) is 1. The number of fused-ring (bicyclic) bond motifs is 1. The molecule has 3 N–H and O–H groups in total. The van der Waals surface area contributed by atoms with E-state index in [0.29, 0.717) is 67.2 Å². The summed E-state index contributed by atoms with van der Waals surface area (Å²) in [4.78, 5) is 19.8. The predicted octanol–water partition coefficient (Wildman–Crippen LogP) is 8.37. The van der Waals surface area contributed by atoms with E-state index in [4.69, 9.17) is 35.9 Å². The number of nitrogens with one attached hydrogen (secondary N) is 1. The molecule has 0 unspecified atom stereocenters. The number of ether oxygens (including phenoxy) is 3. The molecule has 0 aliphatic heterocycles. The van der Waals surface area contributed by atoms with Gasteiger partial charge in [-0.05, 0) is 80.7 Å². The summed E-state index contributed by atoms with van der Waals surface area (Å²) in [5.41, 5.74) is 4.06. The van der Waals surface area contributed by atoms with Crippen LogP contribution in [0.3, 0.4) is 0 Å². The first kappa shape index (κ1) is 37.4. The second-order valence-corrected chi connectivity index (χ2v) is 14.0. The van der Waals surface area contributed by atoms with Crippen molar-refractivity contribution in [3.63, 3.8) is 0 Å². The van der Waals surface area contributed by atoms with E-state index in [1.165, 1.54) is 7.11 Å². The van der Waals surface area contributed by atoms with Crippen LogP contribution in [0.2, 0.25) is 5.02 Å². The number of aliphatic carboxylic acids is 1. The van der Waals surface area contributed by atoms with E-state index in [1.54, 1.807) is 7.11 Å². The fourth-order valence-corrected chi connectivity index (χ4v) is 7.48. The lowest BCUT2D eigenvalue weighted by molar-refractivity contribution is -0.140.